The first-order chi connectivity index (χ1) is 30.1. The Morgan fingerprint density at radius 2 is 0.935 bits per heavy atom. The Balaban J connectivity index is 4.33. The van der Waals surface area contributed by atoms with Crippen LogP contribution in [0.1, 0.15) is 200 Å². The zero-order valence-corrected chi connectivity index (χ0v) is 40.5. The van der Waals surface area contributed by atoms with E-state index in [1.54, 1.807) is 21.1 Å². The first kappa shape index (κ1) is 58.8. The molecule has 62 heavy (non-hydrogen) atoms. The third-order valence-corrected chi connectivity index (χ3v) is 10.8. The lowest BCUT2D eigenvalue weighted by Crippen LogP contribution is -2.55. The molecule has 0 bridgehead atoms. The maximum absolute atomic E-state index is 12.7. The topological polar surface area (TPSA) is 102 Å². The van der Waals surface area contributed by atoms with Gasteiger partial charge in [0.1, 0.15) is 12.6 Å². The van der Waals surface area contributed by atoms with E-state index in [0.29, 0.717) is 12.8 Å². The van der Waals surface area contributed by atoms with Crippen LogP contribution in [0.15, 0.2) is 72.9 Å². The van der Waals surface area contributed by atoms with E-state index < -0.39 is 24.1 Å². The summed E-state index contributed by atoms with van der Waals surface area (Å²) in [5.41, 5.74) is 0. The normalized spacial score (nSPS) is 13.5. The monoisotopic (exact) mass is 868 g/mol. The van der Waals surface area contributed by atoms with E-state index in [2.05, 4.69) is 74.6 Å². The van der Waals surface area contributed by atoms with Gasteiger partial charge < -0.3 is 28.6 Å². The number of rotatable bonds is 44. The summed E-state index contributed by atoms with van der Waals surface area (Å²) in [6.45, 7) is 4.47. The number of hydrogen-bond acceptors (Lipinski definition) is 7. The summed E-state index contributed by atoms with van der Waals surface area (Å²) in [6, 6.07) is -0.742. The van der Waals surface area contributed by atoms with Crippen LogP contribution in [0.5, 0.6) is 0 Å². The molecule has 0 N–H and O–H groups in total. The molecule has 0 heterocycles. The Morgan fingerprint density at radius 1 is 0.500 bits per heavy atom. The molecule has 0 saturated carbocycles. The molecule has 0 aliphatic carbocycles. The average molecular weight is 868 g/mol. The molecule has 0 spiro atoms. The van der Waals surface area contributed by atoms with Crippen molar-refractivity contribution < 1.29 is 38.2 Å². The van der Waals surface area contributed by atoms with Crippen LogP contribution in [0.25, 0.3) is 0 Å². The maximum Gasteiger partial charge on any atom is 0.306 e. The molecule has 0 aromatic heterocycles. The highest BCUT2D eigenvalue weighted by molar-refractivity contribution is 5.70. The highest BCUT2D eigenvalue weighted by Gasteiger charge is 2.25. The van der Waals surface area contributed by atoms with Crippen LogP contribution in [-0.2, 0) is 28.6 Å². The Hall–Kier alpha value is -3.23. The number of hydrogen-bond donors (Lipinski definition) is 0. The number of unbranched alkanes of at least 4 members (excludes halogenated alkanes) is 18. The number of allylic oxidation sites excluding steroid dienone is 12. The maximum atomic E-state index is 12.7. The minimum atomic E-state index is -1.14. The molecule has 0 rings (SSSR count). The average Bonchev–Trinajstić information content (AvgIpc) is 3.23. The van der Waals surface area contributed by atoms with E-state index in [-0.39, 0.29) is 43.1 Å². The Kier molecular flexibility index (Phi) is 42.1. The summed E-state index contributed by atoms with van der Waals surface area (Å²) >= 11 is 0. The molecule has 2 unspecified atom stereocenters. The van der Waals surface area contributed by atoms with Crippen molar-refractivity contribution in [3.8, 4) is 0 Å². The zero-order valence-electron chi connectivity index (χ0n) is 40.5. The smallest absolute Gasteiger partial charge is 0.306 e. The Labute approximate surface area is 381 Å². The molecule has 356 valence electrons. The highest BCUT2D eigenvalue weighted by Crippen LogP contribution is 2.14. The van der Waals surface area contributed by atoms with Gasteiger partial charge in [-0.1, -0.05) is 183 Å². The first-order valence-electron chi connectivity index (χ1n) is 25.0. The molecule has 0 aromatic carbocycles. The summed E-state index contributed by atoms with van der Waals surface area (Å²) < 4.78 is 17.1. The van der Waals surface area contributed by atoms with Crippen LogP contribution in [-0.4, -0.2) is 75.5 Å². The van der Waals surface area contributed by atoms with E-state index in [9.17, 15) is 19.5 Å². The van der Waals surface area contributed by atoms with E-state index in [4.69, 9.17) is 14.2 Å². The zero-order chi connectivity index (χ0) is 45.6. The fourth-order valence-corrected chi connectivity index (χ4v) is 7.00. The predicted molar refractivity (Wildman–Crippen MR) is 259 cm³/mol. The summed E-state index contributed by atoms with van der Waals surface area (Å²) in [7, 11) is 5.38. The molecule has 0 aliphatic heterocycles. The van der Waals surface area contributed by atoms with Crippen LogP contribution >= 0.6 is 0 Å². The van der Waals surface area contributed by atoms with Crippen molar-refractivity contribution in [1.29, 1.82) is 0 Å². The number of quaternary nitrogens is 1. The summed E-state index contributed by atoms with van der Waals surface area (Å²) in [5, 5.41) is 11.6. The molecule has 0 aliphatic rings. The molecule has 0 saturated heterocycles. The number of aliphatic carboxylic acids is 1. The molecule has 0 radical (unpaired) electrons. The van der Waals surface area contributed by atoms with Gasteiger partial charge in [0.25, 0.3) is 0 Å². The standard InChI is InChI=1S/C54H93NO7/c1-6-8-10-12-14-16-18-20-22-24-25-26-27-28-29-31-32-34-36-38-40-42-44-52(56)61-49-50(48-60-47-46-51(54(58)59)55(3,4)5)62-53(57)45-43-41-39-37-35-33-30-23-21-19-17-15-13-11-9-7-2/h9,11,15,17,21,23,27-28,33,35,39,41,50-51H,6-8,10,12-14,16,18-20,22,24-26,29-32,34,36-38,40,42-49H2,1-5H3/b11-9+,17-15+,23-21+,28-27+,35-33+,41-39+. The van der Waals surface area contributed by atoms with Crippen molar-refractivity contribution in [3.05, 3.63) is 72.9 Å². The summed E-state index contributed by atoms with van der Waals surface area (Å²) in [6.07, 6.45) is 56.7. The van der Waals surface area contributed by atoms with Gasteiger partial charge in [-0.3, -0.25) is 9.59 Å². The third-order valence-electron chi connectivity index (χ3n) is 10.8. The van der Waals surface area contributed by atoms with E-state index in [0.717, 1.165) is 51.4 Å². The predicted octanol–water partition coefficient (Wildman–Crippen LogP) is 13.0. The van der Waals surface area contributed by atoms with Crippen molar-refractivity contribution in [2.45, 2.75) is 212 Å². The number of carboxylic acid groups (broad SMARTS) is 1. The van der Waals surface area contributed by atoms with Gasteiger partial charge in [-0.05, 0) is 70.6 Å². The molecular weight excluding hydrogens is 775 g/mol. The molecule has 0 aromatic rings. The van der Waals surface area contributed by atoms with Crippen LogP contribution in [0, 0.1) is 0 Å². The van der Waals surface area contributed by atoms with Crippen LogP contribution < -0.4 is 5.11 Å². The summed E-state index contributed by atoms with van der Waals surface area (Å²) in [4.78, 5) is 36.9. The number of carboxylic acids is 1. The second kappa shape index (κ2) is 44.4. The van der Waals surface area contributed by atoms with Crippen molar-refractivity contribution in [1.82, 2.24) is 0 Å². The Bertz CT molecular complexity index is 1240. The third kappa shape index (κ3) is 42.1. The van der Waals surface area contributed by atoms with Gasteiger partial charge in [0.2, 0.25) is 0 Å². The number of ether oxygens (including phenoxy) is 3. The number of carbonyl (C=O) groups is 3. The molecule has 2 atom stereocenters. The van der Waals surface area contributed by atoms with Crippen LogP contribution in [0.4, 0.5) is 0 Å². The van der Waals surface area contributed by atoms with E-state index in [1.165, 1.54) is 109 Å². The first-order valence-corrected chi connectivity index (χ1v) is 25.0. The fraction of sp³-hybridized carbons (Fsp3) is 0.722. The quantitative estimate of drug-likeness (QED) is 0.0260. The minimum absolute atomic E-state index is 0.00674. The number of nitrogens with zero attached hydrogens (tertiary/aromatic N) is 1. The fourth-order valence-electron chi connectivity index (χ4n) is 7.00. The van der Waals surface area contributed by atoms with Crippen molar-refractivity contribution in [2.24, 2.45) is 0 Å². The second-order valence-electron chi connectivity index (χ2n) is 17.7. The molecular formula is C54H93NO7. The summed E-state index contributed by atoms with van der Waals surface area (Å²) in [5.74, 6) is -1.85. The number of esters is 2. The van der Waals surface area contributed by atoms with Gasteiger partial charge >= 0.3 is 11.9 Å². The van der Waals surface area contributed by atoms with Crippen LogP contribution in [0.2, 0.25) is 0 Å². The highest BCUT2D eigenvalue weighted by atomic mass is 16.6. The van der Waals surface area contributed by atoms with Gasteiger partial charge in [0.15, 0.2) is 6.10 Å². The van der Waals surface area contributed by atoms with Crippen LogP contribution in [0.3, 0.4) is 0 Å². The van der Waals surface area contributed by atoms with Crippen molar-refractivity contribution in [3.63, 3.8) is 0 Å². The Morgan fingerprint density at radius 3 is 1.40 bits per heavy atom. The lowest BCUT2D eigenvalue weighted by molar-refractivity contribution is -0.889. The van der Waals surface area contributed by atoms with Gasteiger partial charge in [-0.25, -0.2) is 0 Å². The van der Waals surface area contributed by atoms with Gasteiger partial charge in [0.05, 0.1) is 40.3 Å². The van der Waals surface area contributed by atoms with Crippen molar-refractivity contribution >= 4 is 17.9 Å². The van der Waals surface area contributed by atoms with Gasteiger partial charge in [-0.15, -0.1) is 0 Å². The lowest BCUT2D eigenvalue weighted by Gasteiger charge is -2.34. The van der Waals surface area contributed by atoms with E-state index in [1.807, 2.05) is 12.2 Å². The molecule has 8 heteroatoms. The number of likely N-dealkylation sites (N-methyl/N-ethyl adjacent to an activating group) is 1. The molecule has 0 amide bonds. The minimum Gasteiger partial charge on any atom is -0.544 e. The molecule has 8 nitrogen and oxygen atoms in total. The number of carbonyl (C=O) groups excluding carboxylic acids is 3. The lowest BCUT2D eigenvalue weighted by atomic mass is 10.0. The SMILES string of the molecule is CC/C=C/C/C=C/C/C=C/C/C=C/C/C=C/CCC(=O)OC(COCCC(C(=O)[O-])[N+](C)(C)C)COC(=O)CCCCCCCCC/C=C/CCCCCCCCCCCCC. The van der Waals surface area contributed by atoms with Gasteiger partial charge in [-0.2, -0.15) is 0 Å². The van der Waals surface area contributed by atoms with Crippen molar-refractivity contribution in [2.75, 3.05) is 41.0 Å². The van der Waals surface area contributed by atoms with Gasteiger partial charge in [0, 0.05) is 19.3 Å². The second-order valence-corrected chi connectivity index (χ2v) is 17.7. The largest absolute Gasteiger partial charge is 0.544 e. The van der Waals surface area contributed by atoms with E-state index >= 15 is 0 Å². The molecule has 0 fully saturated rings.